The van der Waals surface area contributed by atoms with Crippen molar-refractivity contribution in [2.45, 2.75) is 6.92 Å². The van der Waals surface area contributed by atoms with Crippen molar-refractivity contribution in [2.24, 2.45) is 7.05 Å². The van der Waals surface area contributed by atoms with E-state index in [-0.39, 0.29) is 0 Å². The standard InChI is InChI=1S/C9H9BN2/c1-6-5-12(2)9-8(6)3-7(10)4-11-9/h3-5H,1-2H3. The van der Waals surface area contributed by atoms with Crippen LogP contribution in [0.4, 0.5) is 0 Å². The smallest absolute Gasteiger partial charge is 0.139 e. The Morgan fingerprint density at radius 1 is 1.50 bits per heavy atom. The molecule has 0 unspecified atom stereocenters. The lowest BCUT2D eigenvalue weighted by Gasteiger charge is -1.95. The number of rotatable bonds is 0. The minimum atomic E-state index is 0.719. The molecule has 0 aliphatic rings. The molecule has 2 nitrogen and oxygen atoms in total. The highest BCUT2D eigenvalue weighted by atomic mass is 15.0. The van der Waals surface area contributed by atoms with Crippen LogP contribution >= 0.6 is 0 Å². The first-order valence-corrected chi connectivity index (χ1v) is 3.85. The molecular formula is C9H9BN2. The highest BCUT2D eigenvalue weighted by Gasteiger charge is 2.02. The maximum atomic E-state index is 5.63. The lowest BCUT2D eigenvalue weighted by molar-refractivity contribution is 0.945. The van der Waals surface area contributed by atoms with Gasteiger partial charge in [0.25, 0.3) is 0 Å². The maximum Gasteiger partial charge on any atom is 0.139 e. The molecule has 12 heavy (non-hydrogen) atoms. The van der Waals surface area contributed by atoms with Gasteiger partial charge in [-0.2, -0.15) is 0 Å². The van der Waals surface area contributed by atoms with Gasteiger partial charge in [-0.15, -0.1) is 0 Å². The molecule has 2 heterocycles. The van der Waals surface area contributed by atoms with Gasteiger partial charge in [0.1, 0.15) is 13.5 Å². The number of aryl methyl sites for hydroxylation is 2. The summed E-state index contributed by atoms with van der Waals surface area (Å²) in [5.74, 6) is 0. The molecule has 0 aliphatic heterocycles. The van der Waals surface area contributed by atoms with Crippen molar-refractivity contribution >= 4 is 24.3 Å². The minimum absolute atomic E-state index is 0.719. The fourth-order valence-corrected chi connectivity index (χ4v) is 1.47. The summed E-state index contributed by atoms with van der Waals surface area (Å²) in [6.45, 7) is 2.06. The molecule has 0 saturated heterocycles. The first kappa shape index (κ1) is 7.41. The Kier molecular flexibility index (Phi) is 1.46. The fraction of sp³-hybridized carbons (Fsp3) is 0.222. The Bertz CT molecular complexity index is 431. The zero-order valence-electron chi connectivity index (χ0n) is 7.20. The maximum absolute atomic E-state index is 5.63. The van der Waals surface area contributed by atoms with Crippen LogP contribution in [0.2, 0.25) is 0 Å². The second-order valence-electron chi connectivity index (χ2n) is 3.06. The molecule has 0 spiro atoms. The quantitative estimate of drug-likeness (QED) is 0.512. The van der Waals surface area contributed by atoms with Crippen molar-refractivity contribution in [1.82, 2.24) is 9.55 Å². The Hall–Kier alpha value is -1.25. The van der Waals surface area contributed by atoms with Gasteiger partial charge in [-0.05, 0) is 12.5 Å². The zero-order chi connectivity index (χ0) is 8.72. The average molecular weight is 156 g/mol. The second kappa shape index (κ2) is 2.37. The van der Waals surface area contributed by atoms with E-state index in [4.69, 9.17) is 7.85 Å². The van der Waals surface area contributed by atoms with E-state index in [1.54, 1.807) is 6.20 Å². The van der Waals surface area contributed by atoms with Crippen molar-refractivity contribution in [1.29, 1.82) is 0 Å². The molecule has 0 aliphatic carbocycles. The van der Waals surface area contributed by atoms with Crippen molar-refractivity contribution in [2.75, 3.05) is 0 Å². The minimum Gasteiger partial charge on any atom is -0.335 e. The zero-order valence-corrected chi connectivity index (χ0v) is 7.20. The van der Waals surface area contributed by atoms with E-state index in [1.807, 2.05) is 17.7 Å². The normalized spacial score (nSPS) is 10.8. The monoisotopic (exact) mass is 156 g/mol. The summed E-state index contributed by atoms with van der Waals surface area (Å²) in [4.78, 5) is 4.24. The van der Waals surface area contributed by atoms with E-state index in [1.165, 1.54) is 5.56 Å². The van der Waals surface area contributed by atoms with Crippen LogP contribution in [-0.4, -0.2) is 17.4 Å². The summed E-state index contributed by atoms with van der Waals surface area (Å²) in [6, 6.07) is 1.96. The number of hydrogen-bond acceptors (Lipinski definition) is 1. The molecule has 0 amide bonds. The Morgan fingerprint density at radius 2 is 2.25 bits per heavy atom. The predicted molar refractivity (Wildman–Crippen MR) is 50.8 cm³/mol. The summed E-state index contributed by atoms with van der Waals surface area (Å²) < 4.78 is 2.00. The Labute approximate surface area is 72.6 Å². The SMILES string of the molecule is [B]c1cnc2c(c1)c(C)cn2C. The van der Waals surface area contributed by atoms with Gasteiger partial charge < -0.3 is 4.57 Å². The summed E-state index contributed by atoms with van der Waals surface area (Å²) >= 11 is 0. The highest BCUT2D eigenvalue weighted by molar-refractivity contribution is 6.32. The highest BCUT2D eigenvalue weighted by Crippen LogP contribution is 2.15. The summed E-state index contributed by atoms with van der Waals surface area (Å²) in [7, 11) is 7.61. The second-order valence-corrected chi connectivity index (χ2v) is 3.06. The summed E-state index contributed by atoms with van der Waals surface area (Å²) in [6.07, 6.45) is 3.74. The molecule has 2 aromatic rings. The number of pyridine rings is 1. The van der Waals surface area contributed by atoms with Gasteiger partial charge in [-0.3, -0.25) is 0 Å². The van der Waals surface area contributed by atoms with Gasteiger partial charge >= 0.3 is 0 Å². The number of fused-ring (bicyclic) bond motifs is 1. The van der Waals surface area contributed by atoms with E-state index in [9.17, 15) is 0 Å². The van der Waals surface area contributed by atoms with E-state index in [0.29, 0.717) is 0 Å². The largest absolute Gasteiger partial charge is 0.335 e. The van der Waals surface area contributed by atoms with E-state index in [2.05, 4.69) is 18.1 Å². The molecule has 3 heteroatoms. The topological polar surface area (TPSA) is 17.8 Å². The van der Waals surface area contributed by atoms with Crippen molar-refractivity contribution in [3.63, 3.8) is 0 Å². The van der Waals surface area contributed by atoms with E-state index >= 15 is 0 Å². The number of hydrogen-bond donors (Lipinski definition) is 0. The van der Waals surface area contributed by atoms with Crippen LogP contribution < -0.4 is 5.46 Å². The molecule has 0 saturated carbocycles. The van der Waals surface area contributed by atoms with Crippen LogP contribution in [0.3, 0.4) is 0 Å². The van der Waals surface area contributed by atoms with E-state index < -0.39 is 0 Å². The average Bonchev–Trinajstić information content (AvgIpc) is 2.28. The van der Waals surface area contributed by atoms with Crippen LogP contribution in [-0.2, 0) is 7.05 Å². The molecule has 2 radical (unpaired) electrons. The molecule has 0 N–H and O–H groups in total. The molecule has 2 rings (SSSR count). The van der Waals surface area contributed by atoms with Gasteiger partial charge in [0.2, 0.25) is 0 Å². The fourth-order valence-electron chi connectivity index (χ4n) is 1.47. The number of nitrogens with zero attached hydrogens (tertiary/aromatic N) is 2. The third kappa shape index (κ3) is 0.933. The van der Waals surface area contributed by atoms with Crippen LogP contribution in [0.25, 0.3) is 11.0 Å². The van der Waals surface area contributed by atoms with Gasteiger partial charge in [-0.25, -0.2) is 4.98 Å². The lowest BCUT2D eigenvalue weighted by Crippen LogP contribution is -2.02. The van der Waals surface area contributed by atoms with Crippen molar-refractivity contribution in [3.05, 3.63) is 24.0 Å². The molecule has 0 bridgehead atoms. The van der Waals surface area contributed by atoms with Crippen molar-refractivity contribution in [3.8, 4) is 0 Å². The summed E-state index contributed by atoms with van der Waals surface area (Å²) in [5.41, 5.74) is 2.92. The van der Waals surface area contributed by atoms with Crippen LogP contribution in [0.5, 0.6) is 0 Å². The van der Waals surface area contributed by atoms with Crippen LogP contribution in [0.1, 0.15) is 5.56 Å². The molecule has 0 atom stereocenters. The molecular weight excluding hydrogens is 147 g/mol. The van der Waals surface area contributed by atoms with Gasteiger partial charge in [0, 0.05) is 24.8 Å². The first-order chi connectivity index (χ1) is 5.68. The molecule has 2 aromatic heterocycles. The molecule has 0 aromatic carbocycles. The predicted octanol–water partition coefficient (Wildman–Crippen LogP) is 0.676. The third-order valence-corrected chi connectivity index (χ3v) is 2.03. The molecule has 0 fully saturated rings. The third-order valence-electron chi connectivity index (χ3n) is 2.03. The number of aromatic nitrogens is 2. The lowest BCUT2D eigenvalue weighted by atomic mass is 9.97. The Morgan fingerprint density at radius 3 is 3.00 bits per heavy atom. The van der Waals surface area contributed by atoms with Gasteiger partial charge in [0.05, 0.1) is 0 Å². The molecule has 58 valence electrons. The van der Waals surface area contributed by atoms with Crippen LogP contribution in [0.15, 0.2) is 18.5 Å². The van der Waals surface area contributed by atoms with E-state index in [0.717, 1.165) is 16.5 Å². The van der Waals surface area contributed by atoms with Gasteiger partial charge in [0.15, 0.2) is 0 Å². The van der Waals surface area contributed by atoms with Crippen molar-refractivity contribution < 1.29 is 0 Å². The Balaban J connectivity index is 2.90. The first-order valence-electron chi connectivity index (χ1n) is 3.85. The summed E-state index contributed by atoms with van der Waals surface area (Å²) in [5, 5.41) is 1.14. The van der Waals surface area contributed by atoms with Crippen LogP contribution in [0, 0.1) is 6.92 Å². The van der Waals surface area contributed by atoms with Gasteiger partial charge in [-0.1, -0.05) is 11.5 Å².